The Morgan fingerprint density at radius 1 is 1.32 bits per heavy atom. The molecule has 0 unspecified atom stereocenters. The number of ether oxygens (including phenoxy) is 2. The van der Waals surface area contributed by atoms with Gasteiger partial charge in [0.05, 0.1) is 17.5 Å². The summed E-state index contributed by atoms with van der Waals surface area (Å²) in [5.74, 6) is 2.17. The van der Waals surface area contributed by atoms with Gasteiger partial charge in [-0.15, -0.1) is 0 Å². The molecule has 1 aromatic carbocycles. The van der Waals surface area contributed by atoms with Crippen LogP contribution in [0.5, 0.6) is 5.75 Å². The fourth-order valence-electron chi connectivity index (χ4n) is 4.55. The number of pyridine rings is 1. The second-order valence-corrected chi connectivity index (χ2v) is 9.28. The van der Waals surface area contributed by atoms with E-state index in [0.29, 0.717) is 41.5 Å². The fourth-order valence-corrected chi connectivity index (χ4v) is 4.55. The largest absolute Gasteiger partial charge is 0.487 e. The highest BCUT2D eigenvalue weighted by molar-refractivity contribution is 5.93. The molecular weight excluding hydrogens is 501 g/mol. The van der Waals surface area contributed by atoms with E-state index in [9.17, 15) is 22.8 Å². The lowest BCUT2D eigenvalue weighted by atomic mass is 10.1. The zero-order valence-electron chi connectivity index (χ0n) is 20.4. The number of alkyl halides is 3. The lowest BCUT2D eigenvalue weighted by Crippen LogP contribution is -2.38. The third kappa shape index (κ3) is 5.36. The van der Waals surface area contributed by atoms with E-state index in [-0.39, 0.29) is 30.5 Å². The minimum Gasteiger partial charge on any atom is -0.487 e. The summed E-state index contributed by atoms with van der Waals surface area (Å²) in [6, 6.07) is 5.80. The van der Waals surface area contributed by atoms with Crippen molar-refractivity contribution in [2.75, 3.05) is 5.32 Å². The Morgan fingerprint density at radius 2 is 2.13 bits per heavy atom. The maximum Gasteiger partial charge on any atom is 0.416 e. The zero-order chi connectivity index (χ0) is 27.0. The quantitative estimate of drug-likeness (QED) is 0.478. The van der Waals surface area contributed by atoms with Crippen molar-refractivity contribution in [3.63, 3.8) is 0 Å². The lowest BCUT2D eigenvalue weighted by Gasteiger charge is -2.18. The van der Waals surface area contributed by atoms with E-state index >= 15 is 0 Å². The van der Waals surface area contributed by atoms with Crippen LogP contribution >= 0.6 is 0 Å². The van der Waals surface area contributed by atoms with E-state index in [1.165, 1.54) is 12.1 Å². The third-order valence-electron chi connectivity index (χ3n) is 6.55. The Labute approximate surface area is 216 Å². The molecule has 11 heteroatoms. The summed E-state index contributed by atoms with van der Waals surface area (Å²) in [5.41, 5.74) is 1.17. The molecule has 198 valence electrons. The van der Waals surface area contributed by atoms with Crippen LogP contribution in [0.25, 0.3) is 0 Å². The molecule has 3 aliphatic rings. The number of nitrogens with zero attached hydrogens (tertiary/aromatic N) is 1. The number of benzene rings is 1. The van der Waals surface area contributed by atoms with Gasteiger partial charge in [-0.3, -0.25) is 4.79 Å². The smallest absolute Gasteiger partial charge is 0.416 e. The number of carbonyl (C=O) groups excluding carboxylic acids is 2. The molecule has 3 amide bonds. The van der Waals surface area contributed by atoms with E-state index in [2.05, 4.69) is 27.5 Å². The van der Waals surface area contributed by atoms with Crippen molar-refractivity contribution < 1.29 is 32.2 Å². The van der Waals surface area contributed by atoms with Gasteiger partial charge in [0.15, 0.2) is 0 Å². The molecule has 0 radical (unpaired) electrons. The molecule has 2 fully saturated rings. The number of anilines is 1. The zero-order valence-corrected chi connectivity index (χ0v) is 20.4. The van der Waals surface area contributed by atoms with Crippen LogP contribution in [0, 0.1) is 5.92 Å². The molecule has 1 saturated carbocycles. The Kier molecular flexibility index (Phi) is 6.60. The number of allylic oxidation sites excluding steroid dienone is 4. The molecule has 1 aromatic heterocycles. The van der Waals surface area contributed by atoms with Crippen LogP contribution in [0.4, 0.5) is 23.8 Å². The first kappa shape index (κ1) is 25.4. The fraction of sp³-hybridized carbons (Fsp3) is 0.296. The van der Waals surface area contributed by atoms with Crippen LogP contribution in [0.1, 0.15) is 30.0 Å². The van der Waals surface area contributed by atoms with Crippen molar-refractivity contribution in [3.8, 4) is 5.75 Å². The molecule has 3 N–H and O–H groups in total. The van der Waals surface area contributed by atoms with E-state index in [1.807, 2.05) is 0 Å². The number of hydrogen-bond acceptors (Lipinski definition) is 5. The molecule has 2 aromatic rings. The van der Waals surface area contributed by atoms with Crippen molar-refractivity contribution in [3.05, 3.63) is 89.0 Å². The average molecular weight is 527 g/mol. The van der Waals surface area contributed by atoms with Crippen LogP contribution in [-0.2, 0) is 28.7 Å². The van der Waals surface area contributed by atoms with Gasteiger partial charge in [0.1, 0.15) is 29.2 Å². The Hall–Kier alpha value is -4.28. The van der Waals surface area contributed by atoms with Crippen molar-refractivity contribution in [2.45, 2.75) is 44.6 Å². The van der Waals surface area contributed by atoms with E-state index < -0.39 is 17.8 Å². The minimum atomic E-state index is -4.44. The first-order valence-electron chi connectivity index (χ1n) is 12.0. The van der Waals surface area contributed by atoms with E-state index in [4.69, 9.17) is 9.47 Å². The maximum absolute atomic E-state index is 12.9. The molecule has 2 aliphatic heterocycles. The predicted octanol–water partition coefficient (Wildman–Crippen LogP) is 4.60. The van der Waals surface area contributed by atoms with Gasteiger partial charge in [0.25, 0.3) is 0 Å². The van der Waals surface area contributed by atoms with Crippen LogP contribution in [-0.4, -0.2) is 29.1 Å². The summed E-state index contributed by atoms with van der Waals surface area (Å²) < 4.78 is 50.5. The van der Waals surface area contributed by atoms with E-state index in [0.717, 1.165) is 23.3 Å². The number of fused-ring (bicyclic) bond motifs is 2. The number of rotatable bonds is 6. The molecule has 3 heterocycles. The molecule has 0 spiro atoms. The average Bonchev–Trinajstić information content (AvgIpc) is 3.43. The Balaban J connectivity index is 1.12. The van der Waals surface area contributed by atoms with Gasteiger partial charge in [-0.2, -0.15) is 13.2 Å². The van der Waals surface area contributed by atoms with Gasteiger partial charge in [0.2, 0.25) is 5.91 Å². The van der Waals surface area contributed by atoms with Crippen molar-refractivity contribution >= 4 is 17.8 Å². The second kappa shape index (κ2) is 9.88. The monoisotopic (exact) mass is 526 g/mol. The number of halogens is 3. The number of aromatic nitrogens is 1. The molecule has 1 saturated heterocycles. The second-order valence-electron chi connectivity index (χ2n) is 9.28. The molecule has 0 bridgehead atoms. The van der Waals surface area contributed by atoms with Gasteiger partial charge in [-0.1, -0.05) is 18.7 Å². The molecule has 38 heavy (non-hydrogen) atoms. The van der Waals surface area contributed by atoms with Gasteiger partial charge >= 0.3 is 12.2 Å². The van der Waals surface area contributed by atoms with Crippen LogP contribution < -0.4 is 20.7 Å². The van der Waals surface area contributed by atoms with Gasteiger partial charge < -0.3 is 25.4 Å². The van der Waals surface area contributed by atoms with Crippen LogP contribution in [0.3, 0.4) is 0 Å². The number of carbonyl (C=O) groups is 2. The SMILES string of the molecule is C=C1/C(=C\C=C(/C)Oc2ccnc3c2CCC(=O)N3)O[C@@H]2[C@@H](NC(=O)NCc3cccc(C(F)(F)F)c3)[C@H]12. The van der Waals surface area contributed by atoms with Crippen molar-refractivity contribution in [1.82, 2.24) is 15.6 Å². The summed E-state index contributed by atoms with van der Waals surface area (Å²) in [6.45, 7) is 5.83. The van der Waals surface area contributed by atoms with Crippen molar-refractivity contribution in [1.29, 1.82) is 0 Å². The molecule has 8 nitrogen and oxygen atoms in total. The van der Waals surface area contributed by atoms with E-state index in [1.54, 1.807) is 31.3 Å². The number of urea groups is 1. The third-order valence-corrected chi connectivity index (χ3v) is 6.55. The highest BCUT2D eigenvalue weighted by atomic mass is 19.4. The molecule has 3 atom stereocenters. The van der Waals surface area contributed by atoms with Crippen molar-refractivity contribution in [2.24, 2.45) is 5.92 Å². The van der Waals surface area contributed by atoms with Gasteiger partial charge in [-0.05, 0) is 54.8 Å². The normalized spacial score (nSPS) is 23.2. The summed E-state index contributed by atoms with van der Waals surface area (Å²) in [4.78, 5) is 28.1. The predicted molar refractivity (Wildman–Crippen MR) is 132 cm³/mol. The summed E-state index contributed by atoms with van der Waals surface area (Å²) in [5, 5.41) is 8.11. The standard InChI is InChI=1S/C27H25F3N4O4/c1-14(37-20-10-11-31-25-18(20)7-9-21(35)33-25)6-8-19-15(2)22-23(24(22)38-19)34-26(36)32-13-16-4-3-5-17(12-16)27(28,29)30/h3-6,8,10-12,22-24H,2,7,9,13H2,1H3,(H,31,33,35)(H2,32,34,36)/b14-6+,19-8+/t22-,23-,24-/m0/s1. The number of nitrogens with one attached hydrogen (secondary N) is 3. The number of amides is 3. The topological polar surface area (TPSA) is 102 Å². The number of hydrogen-bond donors (Lipinski definition) is 3. The molecular formula is C27H25F3N4O4. The summed E-state index contributed by atoms with van der Waals surface area (Å²) in [6.07, 6.45) is 1.31. The summed E-state index contributed by atoms with van der Waals surface area (Å²) >= 11 is 0. The van der Waals surface area contributed by atoms with Crippen LogP contribution in [0.15, 0.2) is 72.4 Å². The first-order valence-corrected chi connectivity index (χ1v) is 12.0. The molecule has 1 aliphatic carbocycles. The van der Waals surface area contributed by atoms with Crippen LogP contribution in [0.2, 0.25) is 0 Å². The first-order chi connectivity index (χ1) is 18.1. The maximum atomic E-state index is 12.9. The van der Waals surface area contributed by atoms with Gasteiger partial charge in [0, 0.05) is 24.7 Å². The summed E-state index contributed by atoms with van der Waals surface area (Å²) in [7, 11) is 0. The van der Waals surface area contributed by atoms with Gasteiger partial charge in [-0.25, -0.2) is 9.78 Å². The minimum absolute atomic E-state index is 0.0398. The lowest BCUT2D eigenvalue weighted by molar-refractivity contribution is -0.137. The Bertz CT molecular complexity index is 1370. The Morgan fingerprint density at radius 3 is 2.87 bits per heavy atom. The highest BCUT2D eigenvalue weighted by Crippen LogP contribution is 2.50. The highest BCUT2D eigenvalue weighted by Gasteiger charge is 2.60. The molecule has 5 rings (SSSR count).